The maximum Gasteiger partial charge on any atom is 0.303 e. The fourth-order valence-electron chi connectivity index (χ4n) is 0.937. The Bertz CT molecular complexity index is 135. The predicted octanol–water partition coefficient (Wildman–Crippen LogP) is 0.568. The summed E-state index contributed by atoms with van der Waals surface area (Å²) in [7, 11) is 0. The number of hydrogen-bond donors (Lipinski definition) is 4. The van der Waals surface area contributed by atoms with Crippen molar-refractivity contribution in [3.63, 3.8) is 0 Å². The molecule has 0 atom stereocenters. The van der Waals surface area contributed by atoms with Gasteiger partial charge in [0.2, 0.25) is 0 Å². The molecule has 0 heterocycles. The molecule has 98 valence electrons. The Morgan fingerprint density at radius 2 is 1.88 bits per heavy atom. The number of nitrogens with two attached hydrogens (primary N) is 1. The van der Waals surface area contributed by atoms with E-state index in [0.717, 1.165) is 45.3 Å². The van der Waals surface area contributed by atoms with Crippen molar-refractivity contribution in [3.05, 3.63) is 0 Å². The molecule has 0 aromatic heterocycles. The smallest absolute Gasteiger partial charge is 0.303 e. The minimum absolute atomic E-state index is 0.282. The summed E-state index contributed by atoms with van der Waals surface area (Å²) in [6.45, 7) is 4.85. The maximum absolute atomic E-state index is 9.60. The third kappa shape index (κ3) is 23.3. The summed E-state index contributed by atoms with van der Waals surface area (Å²) in [5.74, 6) is -0.711. The third-order valence-electron chi connectivity index (χ3n) is 1.78. The van der Waals surface area contributed by atoms with Gasteiger partial charge in [-0.25, -0.2) is 0 Å². The SMILES string of the molecule is CCCC(=O)O.NCCCCNCCCO. The lowest BCUT2D eigenvalue weighted by Gasteiger charge is -2.00. The van der Waals surface area contributed by atoms with Crippen molar-refractivity contribution in [2.45, 2.75) is 39.0 Å². The van der Waals surface area contributed by atoms with E-state index < -0.39 is 5.97 Å². The number of aliphatic carboxylic acids is 1. The van der Waals surface area contributed by atoms with Gasteiger partial charge in [0.1, 0.15) is 0 Å². The van der Waals surface area contributed by atoms with Gasteiger partial charge in [-0.15, -0.1) is 0 Å². The van der Waals surface area contributed by atoms with E-state index in [4.69, 9.17) is 15.9 Å². The molecule has 0 aromatic rings. The van der Waals surface area contributed by atoms with Gasteiger partial charge in [0.15, 0.2) is 0 Å². The highest BCUT2D eigenvalue weighted by molar-refractivity contribution is 5.66. The minimum atomic E-state index is -0.711. The number of unbranched alkanes of at least 4 members (excludes halogenated alkanes) is 1. The summed E-state index contributed by atoms with van der Waals surface area (Å²) in [5, 5.41) is 19.5. The monoisotopic (exact) mass is 234 g/mol. The Morgan fingerprint density at radius 3 is 2.25 bits per heavy atom. The first-order valence-corrected chi connectivity index (χ1v) is 5.92. The number of nitrogens with one attached hydrogen (secondary N) is 1. The van der Waals surface area contributed by atoms with Crippen molar-refractivity contribution in [2.75, 3.05) is 26.2 Å². The normalized spacial score (nSPS) is 9.44. The Balaban J connectivity index is 0. The average molecular weight is 234 g/mol. The number of aliphatic hydroxyl groups excluding tert-OH is 1. The summed E-state index contributed by atoms with van der Waals surface area (Å²) >= 11 is 0. The third-order valence-corrected chi connectivity index (χ3v) is 1.78. The molecule has 0 rings (SSSR count). The van der Waals surface area contributed by atoms with Gasteiger partial charge in [-0.05, 0) is 45.3 Å². The van der Waals surface area contributed by atoms with Gasteiger partial charge < -0.3 is 21.3 Å². The molecule has 5 nitrogen and oxygen atoms in total. The Kier molecular flexibility index (Phi) is 18.6. The Hall–Kier alpha value is -0.650. The van der Waals surface area contributed by atoms with Crippen molar-refractivity contribution in [3.8, 4) is 0 Å². The molecule has 0 spiro atoms. The Morgan fingerprint density at radius 1 is 1.25 bits per heavy atom. The van der Waals surface area contributed by atoms with Crippen LogP contribution < -0.4 is 11.1 Å². The van der Waals surface area contributed by atoms with Crippen LogP contribution in [0.4, 0.5) is 0 Å². The van der Waals surface area contributed by atoms with E-state index >= 15 is 0 Å². The molecule has 16 heavy (non-hydrogen) atoms. The van der Waals surface area contributed by atoms with Crippen LogP contribution in [0, 0.1) is 0 Å². The van der Waals surface area contributed by atoms with E-state index in [9.17, 15) is 4.79 Å². The first-order chi connectivity index (χ1) is 7.68. The number of rotatable bonds is 9. The lowest BCUT2D eigenvalue weighted by Crippen LogP contribution is -2.18. The Labute approximate surface area is 98.0 Å². The van der Waals surface area contributed by atoms with Crippen molar-refractivity contribution in [1.29, 1.82) is 0 Å². The van der Waals surface area contributed by atoms with Gasteiger partial charge in [0.05, 0.1) is 0 Å². The number of aliphatic hydroxyl groups is 1. The van der Waals surface area contributed by atoms with E-state index in [-0.39, 0.29) is 6.61 Å². The van der Waals surface area contributed by atoms with Crippen molar-refractivity contribution < 1.29 is 15.0 Å². The van der Waals surface area contributed by atoms with Gasteiger partial charge in [0, 0.05) is 13.0 Å². The lowest BCUT2D eigenvalue weighted by molar-refractivity contribution is -0.137. The average Bonchev–Trinajstić information content (AvgIpc) is 2.24. The summed E-state index contributed by atoms with van der Waals surface area (Å²) in [6.07, 6.45) is 4.10. The minimum Gasteiger partial charge on any atom is -0.481 e. The second-order valence-corrected chi connectivity index (χ2v) is 3.47. The summed E-state index contributed by atoms with van der Waals surface area (Å²) in [6, 6.07) is 0. The first kappa shape index (κ1) is 17.7. The molecule has 0 fully saturated rings. The van der Waals surface area contributed by atoms with Gasteiger partial charge in [0.25, 0.3) is 0 Å². The van der Waals surface area contributed by atoms with E-state index in [1.807, 2.05) is 6.92 Å². The second-order valence-electron chi connectivity index (χ2n) is 3.47. The number of carboxylic acid groups (broad SMARTS) is 1. The van der Waals surface area contributed by atoms with Gasteiger partial charge in [-0.2, -0.15) is 0 Å². The van der Waals surface area contributed by atoms with Crippen LogP contribution in [0.3, 0.4) is 0 Å². The molecule has 0 saturated carbocycles. The van der Waals surface area contributed by atoms with Crippen molar-refractivity contribution in [1.82, 2.24) is 5.32 Å². The maximum atomic E-state index is 9.60. The first-order valence-electron chi connectivity index (χ1n) is 5.92. The molecule has 0 aliphatic carbocycles. The zero-order valence-electron chi connectivity index (χ0n) is 10.2. The van der Waals surface area contributed by atoms with Gasteiger partial charge >= 0.3 is 5.97 Å². The van der Waals surface area contributed by atoms with Crippen LogP contribution >= 0.6 is 0 Å². The van der Waals surface area contributed by atoms with E-state index in [2.05, 4.69) is 5.32 Å². The summed E-state index contributed by atoms with van der Waals surface area (Å²) in [4.78, 5) is 9.60. The fourth-order valence-corrected chi connectivity index (χ4v) is 0.937. The summed E-state index contributed by atoms with van der Waals surface area (Å²) in [5.41, 5.74) is 5.30. The van der Waals surface area contributed by atoms with Crippen LogP contribution in [0.5, 0.6) is 0 Å². The van der Waals surface area contributed by atoms with Gasteiger partial charge in [-0.3, -0.25) is 4.79 Å². The van der Waals surface area contributed by atoms with E-state index in [1.54, 1.807) is 0 Å². The highest BCUT2D eigenvalue weighted by Crippen LogP contribution is 1.82. The predicted molar refractivity (Wildman–Crippen MR) is 65.4 cm³/mol. The molecule has 0 aliphatic heterocycles. The molecule has 5 heteroatoms. The van der Waals surface area contributed by atoms with Gasteiger partial charge in [-0.1, -0.05) is 6.92 Å². The molecule has 0 saturated heterocycles. The number of carbonyl (C=O) groups is 1. The lowest BCUT2D eigenvalue weighted by atomic mass is 10.3. The fraction of sp³-hybridized carbons (Fsp3) is 0.909. The van der Waals surface area contributed by atoms with Crippen molar-refractivity contribution >= 4 is 5.97 Å². The molecule has 5 N–H and O–H groups in total. The quantitative estimate of drug-likeness (QED) is 0.437. The molecule has 0 aliphatic rings. The molecule has 0 bridgehead atoms. The zero-order chi connectivity index (χ0) is 12.6. The van der Waals surface area contributed by atoms with Crippen LogP contribution in [0.1, 0.15) is 39.0 Å². The largest absolute Gasteiger partial charge is 0.481 e. The molecular weight excluding hydrogens is 208 g/mol. The number of hydrogen-bond acceptors (Lipinski definition) is 4. The van der Waals surface area contributed by atoms with Crippen LogP contribution in [0.15, 0.2) is 0 Å². The highest BCUT2D eigenvalue weighted by atomic mass is 16.4. The molecule has 0 aromatic carbocycles. The zero-order valence-corrected chi connectivity index (χ0v) is 10.2. The van der Waals surface area contributed by atoms with Crippen LogP contribution in [-0.2, 0) is 4.79 Å². The molecule has 0 unspecified atom stereocenters. The topological polar surface area (TPSA) is 95.6 Å². The summed E-state index contributed by atoms with van der Waals surface area (Å²) < 4.78 is 0. The van der Waals surface area contributed by atoms with E-state index in [0.29, 0.717) is 6.42 Å². The van der Waals surface area contributed by atoms with Crippen molar-refractivity contribution in [2.24, 2.45) is 5.73 Å². The second kappa shape index (κ2) is 16.8. The van der Waals surface area contributed by atoms with Crippen LogP contribution in [0.2, 0.25) is 0 Å². The number of carboxylic acids is 1. The molecule has 0 amide bonds. The standard InChI is InChI=1S/C7H18N2O.C4H8O2/c8-4-1-2-5-9-6-3-7-10;1-2-3-4(5)6/h9-10H,1-8H2;2-3H2,1H3,(H,5,6). The molecule has 0 radical (unpaired) electrons. The molecular formula is C11H26N2O3. The van der Waals surface area contributed by atoms with Crippen LogP contribution in [0.25, 0.3) is 0 Å². The highest BCUT2D eigenvalue weighted by Gasteiger charge is 1.87. The van der Waals surface area contributed by atoms with E-state index in [1.165, 1.54) is 0 Å². The van der Waals surface area contributed by atoms with Crippen LogP contribution in [-0.4, -0.2) is 42.4 Å².